The van der Waals surface area contributed by atoms with Crippen molar-refractivity contribution >= 4 is 6.29 Å². The quantitative estimate of drug-likeness (QED) is 0.297. The Kier molecular flexibility index (Phi) is 8.88. The summed E-state index contributed by atoms with van der Waals surface area (Å²) in [6, 6.07) is 10.8. The smallest absolute Gasteiger partial charge is 0.161 e. The van der Waals surface area contributed by atoms with E-state index < -0.39 is 0 Å². The molecule has 6 heteroatoms. The Morgan fingerprint density at radius 2 is 1.50 bits per heavy atom. The van der Waals surface area contributed by atoms with E-state index in [9.17, 15) is 4.79 Å². The molecule has 0 spiro atoms. The third-order valence-electron chi connectivity index (χ3n) is 3.90. The van der Waals surface area contributed by atoms with Crippen molar-refractivity contribution in [1.82, 2.24) is 0 Å². The van der Waals surface area contributed by atoms with Gasteiger partial charge in [0.1, 0.15) is 19.5 Å². The van der Waals surface area contributed by atoms with Gasteiger partial charge in [-0.2, -0.15) is 0 Å². The SMILES string of the molecule is C=CCc1ccc(OCCOCCOc2cc(C=O)ccc2OC)c(OC)c1. The molecular weight excluding hydrogens is 360 g/mol. The summed E-state index contributed by atoms with van der Waals surface area (Å²) in [6.45, 7) is 5.25. The van der Waals surface area contributed by atoms with Gasteiger partial charge in [0, 0.05) is 5.56 Å². The molecule has 0 atom stereocenters. The van der Waals surface area contributed by atoms with Crippen LogP contribution in [0.2, 0.25) is 0 Å². The molecule has 0 aromatic heterocycles. The second kappa shape index (κ2) is 11.7. The number of aldehydes is 1. The van der Waals surface area contributed by atoms with Gasteiger partial charge in [-0.1, -0.05) is 12.1 Å². The van der Waals surface area contributed by atoms with E-state index in [0.29, 0.717) is 55.0 Å². The lowest BCUT2D eigenvalue weighted by atomic mass is 10.1. The maximum absolute atomic E-state index is 10.9. The highest BCUT2D eigenvalue weighted by atomic mass is 16.6. The molecule has 0 amide bonds. The molecule has 2 rings (SSSR count). The summed E-state index contributed by atoms with van der Waals surface area (Å²) in [6.07, 6.45) is 3.38. The van der Waals surface area contributed by atoms with E-state index >= 15 is 0 Å². The molecule has 0 saturated heterocycles. The maximum atomic E-state index is 10.9. The van der Waals surface area contributed by atoms with Gasteiger partial charge in [0.2, 0.25) is 0 Å². The molecule has 2 aromatic rings. The van der Waals surface area contributed by atoms with E-state index in [-0.39, 0.29) is 0 Å². The molecule has 0 unspecified atom stereocenters. The van der Waals surface area contributed by atoms with Crippen LogP contribution in [-0.4, -0.2) is 46.9 Å². The van der Waals surface area contributed by atoms with Crippen molar-refractivity contribution in [3.8, 4) is 23.0 Å². The summed E-state index contributed by atoms with van der Waals surface area (Å²) in [5.74, 6) is 2.44. The van der Waals surface area contributed by atoms with Gasteiger partial charge >= 0.3 is 0 Å². The average molecular weight is 386 g/mol. The van der Waals surface area contributed by atoms with Crippen LogP contribution in [0.3, 0.4) is 0 Å². The van der Waals surface area contributed by atoms with Crippen molar-refractivity contribution in [2.24, 2.45) is 0 Å². The van der Waals surface area contributed by atoms with Gasteiger partial charge in [-0.3, -0.25) is 4.79 Å². The molecule has 0 saturated carbocycles. The third kappa shape index (κ3) is 6.32. The Hall–Kier alpha value is -2.99. The van der Waals surface area contributed by atoms with Gasteiger partial charge in [-0.15, -0.1) is 6.58 Å². The predicted octanol–water partition coefficient (Wildman–Crippen LogP) is 3.72. The van der Waals surface area contributed by atoms with Gasteiger partial charge < -0.3 is 23.7 Å². The fourth-order valence-corrected chi connectivity index (χ4v) is 2.53. The van der Waals surface area contributed by atoms with E-state index in [1.807, 2.05) is 24.3 Å². The molecule has 0 aliphatic rings. The van der Waals surface area contributed by atoms with Crippen LogP contribution < -0.4 is 18.9 Å². The van der Waals surface area contributed by atoms with Gasteiger partial charge in [-0.25, -0.2) is 0 Å². The van der Waals surface area contributed by atoms with Crippen molar-refractivity contribution in [2.75, 3.05) is 40.6 Å². The van der Waals surface area contributed by atoms with Crippen molar-refractivity contribution in [3.05, 3.63) is 60.2 Å². The topological polar surface area (TPSA) is 63.2 Å². The number of rotatable bonds is 13. The number of carbonyl (C=O) groups is 1. The molecule has 0 aliphatic heterocycles. The normalized spacial score (nSPS) is 10.2. The Morgan fingerprint density at radius 1 is 0.821 bits per heavy atom. The van der Waals surface area contributed by atoms with Crippen molar-refractivity contribution < 1.29 is 28.5 Å². The summed E-state index contributed by atoms with van der Waals surface area (Å²) in [7, 11) is 3.16. The lowest BCUT2D eigenvalue weighted by Gasteiger charge is -2.13. The zero-order valence-electron chi connectivity index (χ0n) is 16.3. The number of allylic oxidation sites excluding steroid dienone is 1. The first-order chi connectivity index (χ1) is 13.7. The molecule has 0 aliphatic carbocycles. The lowest BCUT2D eigenvalue weighted by Crippen LogP contribution is -2.12. The first-order valence-corrected chi connectivity index (χ1v) is 8.96. The number of methoxy groups -OCH3 is 2. The Labute approximate surface area is 165 Å². The van der Waals surface area contributed by atoms with Gasteiger partial charge in [0.15, 0.2) is 23.0 Å². The summed E-state index contributed by atoms with van der Waals surface area (Å²) >= 11 is 0. The van der Waals surface area contributed by atoms with Crippen molar-refractivity contribution in [3.63, 3.8) is 0 Å². The van der Waals surface area contributed by atoms with E-state index in [2.05, 4.69) is 6.58 Å². The summed E-state index contributed by atoms with van der Waals surface area (Å²) in [4.78, 5) is 10.9. The fraction of sp³-hybridized carbons (Fsp3) is 0.318. The number of benzene rings is 2. The van der Waals surface area contributed by atoms with Crippen LogP contribution in [0.5, 0.6) is 23.0 Å². The monoisotopic (exact) mass is 386 g/mol. The zero-order chi connectivity index (χ0) is 20.2. The molecule has 0 heterocycles. The van der Waals surface area contributed by atoms with Crippen LogP contribution in [0.15, 0.2) is 49.1 Å². The maximum Gasteiger partial charge on any atom is 0.161 e. The van der Waals surface area contributed by atoms with E-state index in [1.165, 1.54) is 0 Å². The van der Waals surface area contributed by atoms with Crippen LogP contribution in [0.4, 0.5) is 0 Å². The predicted molar refractivity (Wildman–Crippen MR) is 107 cm³/mol. The Balaban J connectivity index is 1.71. The second-order valence-corrected chi connectivity index (χ2v) is 5.82. The summed E-state index contributed by atoms with van der Waals surface area (Å²) in [5.41, 5.74) is 1.64. The van der Waals surface area contributed by atoms with E-state index in [0.717, 1.165) is 18.3 Å². The molecule has 28 heavy (non-hydrogen) atoms. The average Bonchev–Trinajstić information content (AvgIpc) is 2.73. The number of hydrogen-bond acceptors (Lipinski definition) is 6. The van der Waals surface area contributed by atoms with Crippen LogP contribution in [0, 0.1) is 0 Å². The van der Waals surface area contributed by atoms with Gasteiger partial charge in [0.25, 0.3) is 0 Å². The first kappa shape index (κ1) is 21.3. The highest BCUT2D eigenvalue weighted by molar-refractivity contribution is 5.76. The minimum atomic E-state index is 0.332. The van der Waals surface area contributed by atoms with Gasteiger partial charge in [0.05, 0.1) is 27.4 Å². The van der Waals surface area contributed by atoms with Crippen LogP contribution in [0.1, 0.15) is 15.9 Å². The van der Waals surface area contributed by atoms with Gasteiger partial charge in [-0.05, 0) is 42.3 Å². The highest BCUT2D eigenvalue weighted by Crippen LogP contribution is 2.28. The lowest BCUT2D eigenvalue weighted by molar-refractivity contribution is 0.0750. The zero-order valence-corrected chi connectivity index (χ0v) is 16.3. The molecule has 150 valence electrons. The highest BCUT2D eigenvalue weighted by Gasteiger charge is 2.07. The van der Waals surface area contributed by atoms with E-state index in [1.54, 1.807) is 32.4 Å². The molecule has 6 nitrogen and oxygen atoms in total. The Morgan fingerprint density at radius 3 is 2.14 bits per heavy atom. The third-order valence-corrected chi connectivity index (χ3v) is 3.90. The van der Waals surface area contributed by atoms with Crippen LogP contribution >= 0.6 is 0 Å². The number of hydrogen-bond donors (Lipinski definition) is 0. The minimum absolute atomic E-state index is 0.332. The first-order valence-electron chi connectivity index (χ1n) is 8.96. The fourth-order valence-electron chi connectivity index (χ4n) is 2.53. The molecule has 0 radical (unpaired) electrons. The number of ether oxygens (including phenoxy) is 5. The summed E-state index contributed by atoms with van der Waals surface area (Å²) < 4.78 is 27.5. The van der Waals surface area contributed by atoms with Crippen molar-refractivity contribution in [2.45, 2.75) is 6.42 Å². The molecule has 0 N–H and O–H groups in total. The Bertz CT molecular complexity index is 772. The number of carbonyl (C=O) groups excluding carboxylic acids is 1. The van der Waals surface area contributed by atoms with Crippen LogP contribution in [-0.2, 0) is 11.2 Å². The summed E-state index contributed by atoms with van der Waals surface area (Å²) in [5, 5.41) is 0. The molecule has 0 bridgehead atoms. The molecule has 0 fully saturated rings. The molecular formula is C22H26O6. The van der Waals surface area contributed by atoms with Crippen molar-refractivity contribution in [1.29, 1.82) is 0 Å². The largest absolute Gasteiger partial charge is 0.493 e. The minimum Gasteiger partial charge on any atom is -0.493 e. The molecule has 2 aromatic carbocycles. The van der Waals surface area contributed by atoms with E-state index in [4.69, 9.17) is 23.7 Å². The standard InChI is InChI=1S/C22H26O6/c1-4-5-17-6-9-20(21(14-17)25-3)27-12-10-26-11-13-28-22-15-18(16-23)7-8-19(22)24-2/h4,6-9,14-16H,1,5,10-13H2,2-3H3. The van der Waals surface area contributed by atoms with Crippen LogP contribution in [0.25, 0.3) is 0 Å². The second-order valence-electron chi connectivity index (χ2n) is 5.82.